The van der Waals surface area contributed by atoms with Gasteiger partial charge >= 0.3 is 6.03 Å². The predicted octanol–water partition coefficient (Wildman–Crippen LogP) is 2.12. The minimum atomic E-state index is -0.290. The number of benzene rings is 1. The van der Waals surface area contributed by atoms with Crippen LogP contribution in [0.15, 0.2) is 24.3 Å². The lowest BCUT2D eigenvalue weighted by Crippen LogP contribution is -2.48. The van der Waals surface area contributed by atoms with Gasteiger partial charge < -0.3 is 15.4 Å². The molecule has 0 saturated carbocycles. The van der Waals surface area contributed by atoms with E-state index in [9.17, 15) is 9.18 Å². The number of rotatable bonds is 4. The van der Waals surface area contributed by atoms with E-state index in [2.05, 4.69) is 29.4 Å². The van der Waals surface area contributed by atoms with Crippen LogP contribution >= 0.6 is 0 Å². The fourth-order valence-corrected chi connectivity index (χ4v) is 3.47. The molecule has 1 aromatic carbocycles. The van der Waals surface area contributed by atoms with Gasteiger partial charge in [0, 0.05) is 31.7 Å². The molecule has 0 aliphatic carbocycles. The third-order valence-electron chi connectivity index (χ3n) is 4.87. The van der Waals surface area contributed by atoms with Crippen LogP contribution in [0.5, 0.6) is 0 Å². The van der Waals surface area contributed by atoms with Crippen molar-refractivity contribution in [3.8, 4) is 0 Å². The molecule has 24 heavy (non-hydrogen) atoms. The largest absolute Gasteiger partial charge is 0.375 e. The number of nitrogens with one attached hydrogen (secondary N) is 2. The van der Waals surface area contributed by atoms with E-state index in [0.29, 0.717) is 18.5 Å². The van der Waals surface area contributed by atoms with Gasteiger partial charge in [0.15, 0.2) is 0 Å². The number of fused-ring (bicyclic) bond motifs is 1. The van der Waals surface area contributed by atoms with E-state index in [4.69, 9.17) is 4.74 Å². The average Bonchev–Trinajstić information content (AvgIpc) is 2.94. The second-order valence-corrected chi connectivity index (χ2v) is 7.11. The molecule has 132 valence electrons. The van der Waals surface area contributed by atoms with E-state index in [1.807, 2.05) is 0 Å². The minimum absolute atomic E-state index is 0.136. The van der Waals surface area contributed by atoms with Crippen molar-refractivity contribution in [3.63, 3.8) is 0 Å². The Kier molecular flexibility index (Phi) is 5.36. The molecule has 1 aromatic rings. The molecule has 0 aromatic heterocycles. The predicted molar refractivity (Wildman–Crippen MR) is 90.1 cm³/mol. The van der Waals surface area contributed by atoms with Crippen LogP contribution in [0.3, 0.4) is 0 Å². The molecule has 2 aliphatic heterocycles. The van der Waals surface area contributed by atoms with E-state index >= 15 is 0 Å². The van der Waals surface area contributed by atoms with E-state index < -0.39 is 0 Å². The summed E-state index contributed by atoms with van der Waals surface area (Å²) in [5, 5.41) is 5.82. The maximum Gasteiger partial charge on any atom is 0.315 e. The van der Waals surface area contributed by atoms with Gasteiger partial charge in [0.25, 0.3) is 0 Å². The number of urea groups is 1. The summed E-state index contributed by atoms with van der Waals surface area (Å²) in [5.41, 5.74) is 0.752. The molecule has 2 N–H and O–H groups in total. The maximum atomic E-state index is 13.1. The standard InChI is InChI=1S/C18H26FN3O2/c1-12(2)17-10-22-9-15(7-16(22)11-24-17)21-18(23)20-8-13-4-3-5-14(19)6-13/h3-6,12,15-17H,7-11H2,1-2H3,(H2,20,21,23)/t15-,16-,17-/m0/s1. The van der Waals surface area contributed by atoms with Crippen molar-refractivity contribution in [2.24, 2.45) is 5.92 Å². The first-order chi connectivity index (χ1) is 11.5. The third kappa shape index (κ3) is 4.24. The molecule has 0 unspecified atom stereocenters. The number of hydrogen-bond acceptors (Lipinski definition) is 3. The lowest BCUT2D eigenvalue weighted by atomic mass is 10.0. The molecule has 3 rings (SSSR count). The number of morpholine rings is 1. The molecular formula is C18H26FN3O2. The van der Waals surface area contributed by atoms with Gasteiger partial charge in [-0.3, -0.25) is 4.90 Å². The summed E-state index contributed by atoms with van der Waals surface area (Å²) >= 11 is 0. The molecule has 5 nitrogen and oxygen atoms in total. The van der Waals surface area contributed by atoms with Crippen LogP contribution in [0, 0.1) is 11.7 Å². The summed E-state index contributed by atoms with van der Waals surface area (Å²) in [6.45, 7) is 7.22. The zero-order valence-corrected chi connectivity index (χ0v) is 14.3. The Hall–Kier alpha value is -1.66. The van der Waals surface area contributed by atoms with Crippen molar-refractivity contribution in [2.75, 3.05) is 19.7 Å². The third-order valence-corrected chi connectivity index (χ3v) is 4.87. The summed E-state index contributed by atoms with van der Waals surface area (Å²) in [4.78, 5) is 14.5. The highest BCUT2D eigenvalue weighted by atomic mass is 19.1. The zero-order valence-electron chi connectivity index (χ0n) is 14.3. The van der Waals surface area contributed by atoms with Crippen molar-refractivity contribution in [1.29, 1.82) is 0 Å². The molecule has 0 bridgehead atoms. The monoisotopic (exact) mass is 335 g/mol. The normalized spacial score (nSPS) is 27.1. The van der Waals surface area contributed by atoms with Crippen LogP contribution in [-0.2, 0) is 11.3 Å². The summed E-state index contributed by atoms with van der Waals surface area (Å²) < 4.78 is 19.0. The van der Waals surface area contributed by atoms with Gasteiger partial charge in [-0.1, -0.05) is 26.0 Å². The minimum Gasteiger partial charge on any atom is -0.375 e. The quantitative estimate of drug-likeness (QED) is 0.886. The van der Waals surface area contributed by atoms with Crippen LogP contribution in [0.25, 0.3) is 0 Å². The molecule has 3 atom stereocenters. The van der Waals surface area contributed by atoms with Crippen molar-refractivity contribution >= 4 is 6.03 Å². The van der Waals surface area contributed by atoms with Crippen LogP contribution in [0.2, 0.25) is 0 Å². The highest BCUT2D eigenvalue weighted by Gasteiger charge is 2.38. The van der Waals surface area contributed by atoms with Gasteiger partial charge in [0.1, 0.15) is 5.82 Å². The number of hydrogen-bond donors (Lipinski definition) is 2. The Morgan fingerprint density at radius 3 is 3.00 bits per heavy atom. The SMILES string of the molecule is CC(C)[C@@H]1CN2C[C@@H](NC(=O)NCc3cccc(F)c3)C[C@H]2CO1. The highest BCUT2D eigenvalue weighted by Crippen LogP contribution is 2.25. The second-order valence-electron chi connectivity index (χ2n) is 7.11. The number of amides is 2. The molecule has 2 fully saturated rings. The smallest absolute Gasteiger partial charge is 0.315 e. The molecule has 2 amide bonds. The number of ether oxygens (including phenoxy) is 1. The van der Waals surface area contributed by atoms with Crippen molar-refractivity contribution in [1.82, 2.24) is 15.5 Å². The number of nitrogens with zero attached hydrogens (tertiary/aromatic N) is 1. The van der Waals surface area contributed by atoms with Crippen molar-refractivity contribution in [3.05, 3.63) is 35.6 Å². The summed E-state index contributed by atoms with van der Waals surface area (Å²) in [6.07, 6.45) is 1.19. The van der Waals surface area contributed by atoms with E-state index in [1.54, 1.807) is 12.1 Å². The molecular weight excluding hydrogens is 309 g/mol. The Balaban J connectivity index is 1.44. The molecule has 2 saturated heterocycles. The number of halogens is 1. The lowest BCUT2D eigenvalue weighted by molar-refractivity contribution is -0.0683. The molecule has 2 heterocycles. The van der Waals surface area contributed by atoms with E-state index in [0.717, 1.165) is 31.7 Å². The van der Waals surface area contributed by atoms with Crippen LogP contribution in [-0.4, -0.2) is 48.8 Å². The van der Waals surface area contributed by atoms with Gasteiger partial charge in [-0.2, -0.15) is 0 Å². The first-order valence-electron chi connectivity index (χ1n) is 8.65. The Labute approximate surface area is 142 Å². The van der Waals surface area contributed by atoms with Crippen LogP contribution in [0.4, 0.5) is 9.18 Å². The molecule has 2 aliphatic rings. The second kappa shape index (κ2) is 7.49. The highest BCUT2D eigenvalue weighted by molar-refractivity contribution is 5.74. The molecule has 0 radical (unpaired) electrons. The fourth-order valence-electron chi connectivity index (χ4n) is 3.47. The number of carbonyl (C=O) groups is 1. The lowest BCUT2D eigenvalue weighted by Gasteiger charge is -2.36. The summed E-state index contributed by atoms with van der Waals surface area (Å²) in [5.74, 6) is 0.217. The fraction of sp³-hybridized carbons (Fsp3) is 0.611. The van der Waals surface area contributed by atoms with Crippen LogP contribution < -0.4 is 10.6 Å². The average molecular weight is 335 g/mol. The van der Waals surface area contributed by atoms with E-state index in [1.165, 1.54) is 12.1 Å². The molecule has 6 heteroatoms. The van der Waals surface area contributed by atoms with E-state index in [-0.39, 0.29) is 24.0 Å². The van der Waals surface area contributed by atoms with Gasteiger partial charge in [-0.15, -0.1) is 0 Å². The molecule has 0 spiro atoms. The Morgan fingerprint density at radius 2 is 2.25 bits per heavy atom. The maximum absolute atomic E-state index is 13.1. The first-order valence-corrected chi connectivity index (χ1v) is 8.65. The Morgan fingerprint density at radius 1 is 1.42 bits per heavy atom. The first kappa shape index (κ1) is 17.2. The van der Waals surface area contributed by atoms with Gasteiger partial charge in [-0.05, 0) is 30.0 Å². The van der Waals surface area contributed by atoms with Gasteiger partial charge in [0.2, 0.25) is 0 Å². The number of carbonyl (C=O) groups excluding carboxylic acids is 1. The van der Waals surface area contributed by atoms with Crippen molar-refractivity contribution < 1.29 is 13.9 Å². The zero-order chi connectivity index (χ0) is 17.1. The van der Waals surface area contributed by atoms with Gasteiger partial charge in [0.05, 0.1) is 12.7 Å². The summed E-state index contributed by atoms with van der Waals surface area (Å²) in [7, 11) is 0. The van der Waals surface area contributed by atoms with Crippen molar-refractivity contribution in [2.45, 2.75) is 45.0 Å². The summed E-state index contributed by atoms with van der Waals surface area (Å²) in [6, 6.07) is 6.59. The topological polar surface area (TPSA) is 53.6 Å². The van der Waals surface area contributed by atoms with Gasteiger partial charge in [-0.25, -0.2) is 9.18 Å². The van der Waals surface area contributed by atoms with Crippen LogP contribution in [0.1, 0.15) is 25.8 Å². The Bertz CT molecular complexity index is 581.